The van der Waals surface area contributed by atoms with E-state index in [0.717, 1.165) is 19.1 Å². The molecule has 2 N–H and O–H groups in total. The lowest BCUT2D eigenvalue weighted by Crippen LogP contribution is -2.36. The number of nitrogens with one attached hydrogen (secondary N) is 2. The van der Waals surface area contributed by atoms with E-state index in [1.165, 1.54) is 48.9 Å². The van der Waals surface area contributed by atoms with Gasteiger partial charge in [0.15, 0.2) is 0 Å². The van der Waals surface area contributed by atoms with Gasteiger partial charge in [0.25, 0.3) is 0 Å². The molecule has 0 radical (unpaired) electrons. The molecule has 0 bridgehead atoms. The maximum Gasteiger partial charge on any atom is 0.0373 e. The van der Waals surface area contributed by atoms with Crippen molar-refractivity contribution in [1.82, 2.24) is 5.32 Å². The van der Waals surface area contributed by atoms with E-state index < -0.39 is 0 Å². The van der Waals surface area contributed by atoms with Crippen LogP contribution < -0.4 is 10.6 Å². The monoisotopic (exact) mass is 216 g/mol. The lowest BCUT2D eigenvalue weighted by atomic mass is 9.93. The molecule has 0 spiro atoms. The van der Waals surface area contributed by atoms with E-state index in [0.29, 0.717) is 0 Å². The standard InChI is InChI=1S/C14H20N2/c1-2-13(3-1)15-8-6-11-4-5-14-12(10-11)7-9-16-14/h4-5,10,13,15-16H,1-3,6-9H2. The SMILES string of the molecule is c1cc2c(cc1CCNC1CCC1)CCN2. The molecule has 0 unspecified atom stereocenters. The van der Waals surface area contributed by atoms with Crippen molar-refractivity contribution in [2.75, 3.05) is 18.4 Å². The van der Waals surface area contributed by atoms with Crippen LogP contribution >= 0.6 is 0 Å². The fraction of sp³-hybridized carbons (Fsp3) is 0.571. The summed E-state index contributed by atoms with van der Waals surface area (Å²) in [6, 6.07) is 7.69. The zero-order valence-electron chi connectivity index (χ0n) is 9.76. The minimum atomic E-state index is 0.816. The van der Waals surface area contributed by atoms with Gasteiger partial charge in [0.2, 0.25) is 0 Å². The average molecular weight is 216 g/mol. The Hall–Kier alpha value is -1.02. The maximum atomic E-state index is 3.62. The molecule has 0 amide bonds. The zero-order valence-corrected chi connectivity index (χ0v) is 9.76. The first-order valence-corrected chi connectivity index (χ1v) is 6.51. The Morgan fingerprint density at radius 2 is 2.25 bits per heavy atom. The van der Waals surface area contributed by atoms with Crippen LogP contribution in [0.5, 0.6) is 0 Å². The highest BCUT2D eigenvalue weighted by atomic mass is 14.9. The molecular weight excluding hydrogens is 196 g/mol. The Labute approximate surface area is 97.4 Å². The van der Waals surface area contributed by atoms with E-state index >= 15 is 0 Å². The van der Waals surface area contributed by atoms with Gasteiger partial charge < -0.3 is 10.6 Å². The Balaban J connectivity index is 1.53. The Bertz CT molecular complexity index is 369. The van der Waals surface area contributed by atoms with Crippen molar-refractivity contribution in [3.05, 3.63) is 29.3 Å². The van der Waals surface area contributed by atoms with Crippen LogP contribution in [0.2, 0.25) is 0 Å². The number of benzene rings is 1. The normalized spacial score (nSPS) is 19.0. The molecule has 2 nitrogen and oxygen atoms in total. The van der Waals surface area contributed by atoms with Gasteiger partial charge in [-0.2, -0.15) is 0 Å². The molecule has 1 fully saturated rings. The second-order valence-electron chi connectivity index (χ2n) is 5.00. The van der Waals surface area contributed by atoms with Crippen LogP contribution in [0.4, 0.5) is 5.69 Å². The number of hydrogen-bond donors (Lipinski definition) is 2. The highest BCUT2D eigenvalue weighted by Gasteiger charge is 2.16. The quantitative estimate of drug-likeness (QED) is 0.807. The summed E-state index contributed by atoms with van der Waals surface area (Å²) in [4.78, 5) is 0. The molecule has 16 heavy (non-hydrogen) atoms. The molecule has 1 aliphatic heterocycles. The van der Waals surface area contributed by atoms with Gasteiger partial charge in [-0.3, -0.25) is 0 Å². The van der Waals surface area contributed by atoms with Gasteiger partial charge in [-0.25, -0.2) is 0 Å². The topological polar surface area (TPSA) is 24.1 Å². The molecule has 2 aliphatic rings. The molecule has 1 saturated carbocycles. The first kappa shape index (κ1) is 10.2. The number of anilines is 1. The lowest BCUT2D eigenvalue weighted by molar-refractivity contribution is 0.342. The van der Waals surface area contributed by atoms with Crippen LogP contribution in [0.25, 0.3) is 0 Å². The highest BCUT2D eigenvalue weighted by Crippen LogP contribution is 2.23. The second-order valence-corrected chi connectivity index (χ2v) is 5.00. The van der Waals surface area contributed by atoms with Gasteiger partial charge in [0.05, 0.1) is 0 Å². The number of rotatable bonds is 4. The van der Waals surface area contributed by atoms with Crippen LogP contribution in [0.3, 0.4) is 0 Å². The number of fused-ring (bicyclic) bond motifs is 1. The maximum absolute atomic E-state index is 3.62. The van der Waals surface area contributed by atoms with E-state index in [1.54, 1.807) is 0 Å². The second kappa shape index (κ2) is 4.46. The van der Waals surface area contributed by atoms with Gasteiger partial charge >= 0.3 is 0 Å². The molecule has 0 atom stereocenters. The Kier molecular flexibility index (Phi) is 2.83. The van der Waals surface area contributed by atoms with Gasteiger partial charge in [-0.1, -0.05) is 18.6 Å². The van der Waals surface area contributed by atoms with Gasteiger partial charge in [0.1, 0.15) is 0 Å². The van der Waals surface area contributed by atoms with Gasteiger partial charge in [0, 0.05) is 18.3 Å². The zero-order chi connectivity index (χ0) is 10.8. The summed E-state index contributed by atoms with van der Waals surface area (Å²) in [7, 11) is 0. The predicted molar refractivity (Wildman–Crippen MR) is 68.0 cm³/mol. The molecule has 2 heteroatoms. The summed E-state index contributed by atoms with van der Waals surface area (Å²) in [5.41, 5.74) is 4.33. The van der Waals surface area contributed by atoms with Crippen LogP contribution in [0.15, 0.2) is 18.2 Å². The van der Waals surface area contributed by atoms with E-state index in [-0.39, 0.29) is 0 Å². The minimum Gasteiger partial charge on any atom is -0.384 e. The number of hydrogen-bond acceptors (Lipinski definition) is 2. The van der Waals surface area contributed by atoms with Crippen molar-refractivity contribution < 1.29 is 0 Å². The molecule has 3 rings (SSSR count). The van der Waals surface area contributed by atoms with Crippen LogP contribution in [-0.2, 0) is 12.8 Å². The molecule has 86 valence electrons. The van der Waals surface area contributed by atoms with Crippen molar-refractivity contribution in [2.24, 2.45) is 0 Å². The van der Waals surface area contributed by atoms with E-state index in [2.05, 4.69) is 28.8 Å². The van der Waals surface area contributed by atoms with Crippen molar-refractivity contribution in [3.8, 4) is 0 Å². The van der Waals surface area contributed by atoms with Gasteiger partial charge in [-0.15, -0.1) is 0 Å². The van der Waals surface area contributed by atoms with E-state index in [1.807, 2.05) is 0 Å². The van der Waals surface area contributed by atoms with E-state index in [4.69, 9.17) is 0 Å². The summed E-state index contributed by atoms with van der Waals surface area (Å²) in [5, 5.41) is 7.02. The predicted octanol–water partition coefficient (Wildman–Crippen LogP) is 2.34. The summed E-state index contributed by atoms with van der Waals surface area (Å²) in [6.07, 6.45) is 6.55. The Morgan fingerprint density at radius 3 is 3.06 bits per heavy atom. The van der Waals surface area contributed by atoms with Crippen LogP contribution in [0.1, 0.15) is 30.4 Å². The van der Waals surface area contributed by atoms with Crippen LogP contribution in [-0.4, -0.2) is 19.1 Å². The minimum absolute atomic E-state index is 0.816. The fourth-order valence-electron chi connectivity index (χ4n) is 2.55. The molecule has 1 aliphatic carbocycles. The first-order valence-electron chi connectivity index (χ1n) is 6.51. The fourth-order valence-corrected chi connectivity index (χ4v) is 2.55. The molecule has 1 heterocycles. The first-order chi connectivity index (χ1) is 7.92. The average Bonchev–Trinajstić information content (AvgIpc) is 2.68. The van der Waals surface area contributed by atoms with E-state index in [9.17, 15) is 0 Å². The molecule has 0 saturated heterocycles. The Morgan fingerprint density at radius 1 is 1.31 bits per heavy atom. The molecular formula is C14H20N2. The molecule has 0 aromatic heterocycles. The summed E-state index contributed by atoms with van der Waals surface area (Å²) >= 11 is 0. The summed E-state index contributed by atoms with van der Waals surface area (Å²) < 4.78 is 0. The summed E-state index contributed by atoms with van der Waals surface area (Å²) in [6.45, 7) is 2.25. The third kappa shape index (κ3) is 2.07. The van der Waals surface area contributed by atoms with Crippen molar-refractivity contribution in [3.63, 3.8) is 0 Å². The third-order valence-corrected chi connectivity index (χ3v) is 3.83. The lowest BCUT2D eigenvalue weighted by Gasteiger charge is -2.26. The largest absolute Gasteiger partial charge is 0.384 e. The highest BCUT2D eigenvalue weighted by molar-refractivity contribution is 5.56. The van der Waals surface area contributed by atoms with Crippen molar-refractivity contribution in [1.29, 1.82) is 0 Å². The van der Waals surface area contributed by atoms with Gasteiger partial charge in [-0.05, 0) is 49.4 Å². The van der Waals surface area contributed by atoms with Crippen LogP contribution in [0, 0.1) is 0 Å². The third-order valence-electron chi connectivity index (χ3n) is 3.83. The summed E-state index contributed by atoms with van der Waals surface area (Å²) in [5.74, 6) is 0. The smallest absolute Gasteiger partial charge is 0.0373 e. The van der Waals surface area contributed by atoms with Crippen molar-refractivity contribution >= 4 is 5.69 Å². The van der Waals surface area contributed by atoms with Crippen molar-refractivity contribution in [2.45, 2.75) is 38.1 Å². The molecule has 1 aromatic rings. The molecule has 1 aromatic carbocycles.